The highest BCUT2D eigenvalue weighted by Gasteiger charge is 2.27. The lowest BCUT2D eigenvalue weighted by Crippen LogP contribution is -2.26. The van der Waals surface area contributed by atoms with Gasteiger partial charge in [-0.15, -0.1) is 0 Å². The van der Waals surface area contributed by atoms with E-state index < -0.39 is 5.82 Å². The molecule has 2 heterocycles. The Bertz CT molecular complexity index is 1090. The molecule has 7 heteroatoms. The van der Waals surface area contributed by atoms with Crippen LogP contribution in [0.25, 0.3) is 0 Å². The first-order valence-electron chi connectivity index (χ1n) is 10.1. The summed E-state index contributed by atoms with van der Waals surface area (Å²) < 4.78 is 19.5. The Morgan fingerprint density at radius 3 is 2.81 bits per heavy atom. The van der Waals surface area contributed by atoms with Crippen molar-refractivity contribution in [1.82, 2.24) is 4.98 Å². The minimum absolute atomic E-state index is 0.0398. The van der Waals surface area contributed by atoms with E-state index in [2.05, 4.69) is 9.88 Å². The summed E-state index contributed by atoms with van der Waals surface area (Å²) in [6.07, 6.45) is 2.79. The first kappa shape index (κ1) is 21.3. The van der Waals surface area contributed by atoms with Crippen molar-refractivity contribution in [3.8, 4) is 5.88 Å². The van der Waals surface area contributed by atoms with Gasteiger partial charge in [-0.1, -0.05) is 23.7 Å². The molecule has 1 fully saturated rings. The maximum absolute atomic E-state index is 13.5. The normalized spacial score (nSPS) is 15.8. The molecular formula is C24H22ClFN2O3. The van der Waals surface area contributed by atoms with Crippen LogP contribution in [0.5, 0.6) is 5.88 Å². The fraction of sp³-hybridized carbons (Fsp3) is 0.250. The number of aliphatic hydroxyl groups excluding tert-OH is 1. The summed E-state index contributed by atoms with van der Waals surface area (Å²) >= 11 is 6.15. The molecule has 3 aromatic rings. The molecule has 160 valence electrons. The summed E-state index contributed by atoms with van der Waals surface area (Å²) in [6, 6.07) is 14.5. The van der Waals surface area contributed by atoms with Gasteiger partial charge in [0, 0.05) is 42.6 Å². The van der Waals surface area contributed by atoms with Crippen LogP contribution in [-0.2, 0) is 6.42 Å². The van der Waals surface area contributed by atoms with Crippen LogP contribution in [-0.4, -0.2) is 41.7 Å². The Morgan fingerprint density at radius 1 is 1.19 bits per heavy atom. The van der Waals surface area contributed by atoms with Crippen molar-refractivity contribution in [1.29, 1.82) is 0 Å². The van der Waals surface area contributed by atoms with Crippen LogP contribution in [0.1, 0.15) is 27.9 Å². The summed E-state index contributed by atoms with van der Waals surface area (Å²) in [6.45, 7) is 1.37. The number of pyridine rings is 1. The molecule has 1 atom stereocenters. The van der Waals surface area contributed by atoms with Gasteiger partial charge in [0.15, 0.2) is 5.78 Å². The molecule has 1 aliphatic rings. The van der Waals surface area contributed by atoms with Crippen LogP contribution >= 0.6 is 11.6 Å². The van der Waals surface area contributed by atoms with Gasteiger partial charge in [0.2, 0.25) is 5.88 Å². The van der Waals surface area contributed by atoms with E-state index in [-0.39, 0.29) is 18.5 Å². The van der Waals surface area contributed by atoms with Crippen LogP contribution in [0.3, 0.4) is 0 Å². The molecule has 0 saturated carbocycles. The Kier molecular flexibility index (Phi) is 6.49. The van der Waals surface area contributed by atoms with Gasteiger partial charge in [0.25, 0.3) is 0 Å². The van der Waals surface area contributed by atoms with E-state index >= 15 is 0 Å². The van der Waals surface area contributed by atoms with Gasteiger partial charge in [-0.25, -0.2) is 9.37 Å². The number of carbonyl (C=O) groups excluding carboxylic acids is 1. The van der Waals surface area contributed by atoms with Crippen LogP contribution in [0.4, 0.5) is 10.1 Å². The van der Waals surface area contributed by atoms with Gasteiger partial charge < -0.3 is 14.7 Å². The second kappa shape index (κ2) is 9.45. The standard InChI is InChI=1S/C24H22ClFN2O3/c25-21-5-2-10-27-24(21)31-20-8-11-28(15-20)22-7-6-18(13-16(22)9-12-29)23(30)17-3-1-4-19(26)14-17/h1-7,10,13-14,20,29H,8-9,11-12,15H2/t20-/m0/s1. The molecular weight excluding hydrogens is 419 g/mol. The van der Waals surface area contributed by atoms with E-state index in [0.29, 0.717) is 35.0 Å². The maximum Gasteiger partial charge on any atom is 0.232 e. The summed E-state index contributed by atoms with van der Waals surface area (Å²) in [5, 5.41) is 10.0. The van der Waals surface area contributed by atoms with Crippen LogP contribution < -0.4 is 9.64 Å². The zero-order valence-corrected chi connectivity index (χ0v) is 17.6. The summed E-state index contributed by atoms with van der Waals surface area (Å²) in [4.78, 5) is 19.1. The van der Waals surface area contributed by atoms with Gasteiger partial charge in [-0.05, 0) is 54.4 Å². The lowest BCUT2D eigenvalue weighted by molar-refractivity contribution is 0.103. The van der Waals surface area contributed by atoms with Crippen LogP contribution in [0, 0.1) is 5.82 Å². The SMILES string of the molecule is O=C(c1cccc(F)c1)c1ccc(N2CC[C@H](Oc3ncccc3Cl)C2)c(CCO)c1. The highest BCUT2D eigenvalue weighted by atomic mass is 35.5. The first-order chi connectivity index (χ1) is 15.0. The Labute approximate surface area is 185 Å². The van der Waals surface area contributed by atoms with E-state index in [0.717, 1.165) is 24.2 Å². The van der Waals surface area contributed by atoms with Crippen LogP contribution in [0.2, 0.25) is 5.02 Å². The number of anilines is 1. The number of rotatable bonds is 7. The van der Waals surface area contributed by atoms with Crippen molar-refractivity contribution < 1.29 is 19.0 Å². The number of ether oxygens (including phenoxy) is 1. The van der Waals surface area contributed by atoms with Gasteiger partial charge >= 0.3 is 0 Å². The Hall–Kier alpha value is -2.96. The van der Waals surface area contributed by atoms with Crippen molar-refractivity contribution in [2.45, 2.75) is 18.9 Å². The average molecular weight is 441 g/mol. The molecule has 2 aromatic carbocycles. The predicted molar refractivity (Wildman–Crippen MR) is 118 cm³/mol. The molecule has 1 aromatic heterocycles. The number of halogens is 2. The zero-order chi connectivity index (χ0) is 21.8. The molecule has 1 saturated heterocycles. The Balaban J connectivity index is 1.53. The molecule has 4 rings (SSSR count). The number of aromatic nitrogens is 1. The van der Waals surface area contributed by atoms with Crippen molar-refractivity contribution in [2.75, 3.05) is 24.6 Å². The topological polar surface area (TPSA) is 62.7 Å². The lowest BCUT2D eigenvalue weighted by atomic mass is 9.98. The minimum Gasteiger partial charge on any atom is -0.471 e. The fourth-order valence-electron chi connectivity index (χ4n) is 3.81. The van der Waals surface area contributed by atoms with E-state index in [4.69, 9.17) is 16.3 Å². The smallest absolute Gasteiger partial charge is 0.232 e. The van der Waals surface area contributed by atoms with Crippen LogP contribution in [0.15, 0.2) is 60.8 Å². The summed E-state index contributed by atoms with van der Waals surface area (Å²) in [5.41, 5.74) is 2.57. The van der Waals surface area contributed by atoms with Crippen molar-refractivity contribution in [2.24, 2.45) is 0 Å². The number of aliphatic hydroxyl groups is 1. The number of ketones is 1. The van der Waals surface area contributed by atoms with Gasteiger partial charge in [0.05, 0.1) is 6.54 Å². The van der Waals surface area contributed by atoms with Gasteiger partial charge in [-0.2, -0.15) is 0 Å². The average Bonchev–Trinajstić information content (AvgIpc) is 3.23. The number of hydrogen-bond donors (Lipinski definition) is 1. The second-order valence-electron chi connectivity index (χ2n) is 7.42. The van der Waals surface area contributed by atoms with Gasteiger partial charge in [-0.3, -0.25) is 4.79 Å². The molecule has 1 N–H and O–H groups in total. The molecule has 0 amide bonds. The molecule has 31 heavy (non-hydrogen) atoms. The minimum atomic E-state index is -0.450. The largest absolute Gasteiger partial charge is 0.471 e. The zero-order valence-electron chi connectivity index (χ0n) is 16.8. The van der Waals surface area contributed by atoms with Crippen molar-refractivity contribution in [3.05, 3.63) is 88.3 Å². The monoisotopic (exact) mass is 440 g/mol. The third kappa shape index (κ3) is 4.86. The highest BCUT2D eigenvalue weighted by Crippen LogP contribution is 2.30. The highest BCUT2D eigenvalue weighted by molar-refractivity contribution is 6.31. The molecule has 1 aliphatic heterocycles. The van der Waals surface area contributed by atoms with Gasteiger partial charge in [0.1, 0.15) is 16.9 Å². The molecule has 0 bridgehead atoms. The molecule has 0 radical (unpaired) electrons. The summed E-state index contributed by atoms with van der Waals surface area (Å²) in [7, 11) is 0. The van der Waals surface area contributed by atoms with E-state index in [1.54, 1.807) is 36.5 Å². The number of benzene rings is 2. The van der Waals surface area contributed by atoms with E-state index in [1.807, 2.05) is 6.07 Å². The molecule has 5 nitrogen and oxygen atoms in total. The number of carbonyl (C=O) groups is 1. The van der Waals surface area contributed by atoms with Crippen molar-refractivity contribution in [3.63, 3.8) is 0 Å². The Morgan fingerprint density at radius 2 is 2.03 bits per heavy atom. The lowest BCUT2D eigenvalue weighted by Gasteiger charge is -2.23. The maximum atomic E-state index is 13.5. The number of hydrogen-bond acceptors (Lipinski definition) is 5. The molecule has 0 unspecified atom stereocenters. The first-order valence-corrected chi connectivity index (χ1v) is 10.5. The molecule has 0 spiro atoms. The quantitative estimate of drug-likeness (QED) is 0.555. The molecule has 0 aliphatic carbocycles. The summed E-state index contributed by atoms with van der Waals surface area (Å²) in [5.74, 6) is -0.283. The van der Waals surface area contributed by atoms with Crippen molar-refractivity contribution >= 4 is 23.1 Å². The third-order valence-corrected chi connectivity index (χ3v) is 5.59. The second-order valence-corrected chi connectivity index (χ2v) is 7.83. The van der Waals surface area contributed by atoms with E-state index in [1.165, 1.54) is 18.2 Å². The van der Waals surface area contributed by atoms with E-state index in [9.17, 15) is 14.3 Å². The fourth-order valence-corrected chi connectivity index (χ4v) is 3.98. The number of nitrogens with zero attached hydrogens (tertiary/aromatic N) is 2. The predicted octanol–water partition coefficient (Wildman–Crippen LogP) is 4.30. The third-order valence-electron chi connectivity index (χ3n) is 5.30.